The topological polar surface area (TPSA) is 12.0 Å². The van der Waals surface area contributed by atoms with Gasteiger partial charge in [0.05, 0.1) is 0 Å². The lowest BCUT2D eigenvalue weighted by atomic mass is 9.80. The summed E-state index contributed by atoms with van der Waals surface area (Å²) in [6.45, 7) is 3.30. The molecular weight excluding hydrogens is 286 g/mol. The van der Waals surface area contributed by atoms with Gasteiger partial charge in [0, 0.05) is 17.1 Å². The van der Waals surface area contributed by atoms with Crippen LogP contribution in [0.3, 0.4) is 0 Å². The fourth-order valence-electron chi connectivity index (χ4n) is 1.99. The molecule has 1 N–H and O–H groups in total. The van der Waals surface area contributed by atoms with Gasteiger partial charge in [0.15, 0.2) is 0 Å². The van der Waals surface area contributed by atoms with Crippen LogP contribution in [0.5, 0.6) is 0 Å². The summed E-state index contributed by atoms with van der Waals surface area (Å²) in [5, 5.41) is 3.60. The molecule has 1 aliphatic carbocycles. The third-order valence-electron chi connectivity index (χ3n) is 3.40. The van der Waals surface area contributed by atoms with E-state index in [2.05, 4.69) is 52.4 Å². The van der Waals surface area contributed by atoms with Gasteiger partial charge in [-0.05, 0) is 43.4 Å². The van der Waals surface area contributed by atoms with Crippen LogP contribution in [-0.2, 0) is 6.54 Å². The van der Waals surface area contributed by atoms with Crippen LogP contribution in [0.2, 0.25) is 0 Å². The molecule has 1 saturated carbocycles. The highest BCUT2D eigenvalue weighted by Crippen LogP contribution is 2.29. The zero-order chi connectivity index (χ0) is 10.7. The fourth-order valence-corrected chi connectivity index (χ4v) is 2.25. The van der Waals surface area contributed by atoms with Crippen molar-refractivity contribution in [2.45, 2.75) is 38.8 Å². The molecule has 0 spiro atoms. The van der Waals surface area contributed by atoms with Crippen molar-refractivity contribution in [3.63, 3.8) is 0 Å². The smallest absolute Gasteiger partial charge is 0.0208 e. The largest absolute Gasteiger partial charge is 0.310 e. The van der Waals surface area contributed by atoms with E-state index >= 15 is 0 Å². The summed E-state index contributed by atoms with van der Waals surface area (Å²) in [5.74, 6) is 0.917. The zero-order valence-corrected chi connectivity index (χ0v) is 12.0. The number of nitrogens with one attached hydrogen (secondary N) is 1. The average Bonchev–Trinajstić information content (AvgIpc) is 2.14. The Bertz CT molecular complexity index is 308. The van der Waals surface area contributed by atoms with Gasteiger partial charge in [-0.1, -0.05) is 34.5 Å². The first-order valence-electron chi connectivity index (χ1n) is 5.73. The van der Waals surface area contributed by atoms with Crippen LogP contribution in [0.1, 0.15) is 31.7 Å². The Hall–Kier alpha value is -0.0500. The lowest BCUT2D eigenvalue weighted by molar-refractivity contribution is 0.240. The molecule has 1 unspecified atom stereocenters. The Morgan fingerprint density at radius 1 is 1.31 bits per heavy atom. The molecule has 0 heterocycles. The van der Waals surface area contributed by atoms with Gasteiger partial charge in [-0.25, -0.2) is 0 Å². The van der Waals surface area contributed by atoms with Crippen LogP contribution < -0.4 is 5.32 Å². The minimum atomic E-state index is 0. The average molecular weight is 305 g/mol. The Kier molecular flexibility index (Phi) is 5.81. The molecule has 0 radical (unpaired) electrons. The van der Waals surface area contributed by atoms with E-state index in [-0.39, 0.29) is 12.4 Å². The van der Waals surface area contributed by atoms with Crippen molar-refractivity contribution >= 4 is 28.3 Å². The summed E-state index contributed by atoms with van der Waals surface area (Å²) in [7, 11) is 0. The van der Waals surface area contributed by atoms with Crippen molar-refractivity contribution in [2.24, 2.45) is 5.92 Å². The van der Waals surface area contributed by atoms with Crippen LogP contribution in [-0.4, -0.2) is 6.04 Å². The van der Waals surface area contributed by atoms with Crippen molar-refractivity contribution in [1.82, 2.24) is 5.32 Å². The molecular formula is C13H19BrClN. The summed E-state index contributed by atoms with van der Waals surface area (Å²) in [5.41, 5.74) is 1.37. The van der Waals surface area contributed by atoms with Gasteiger partial charge in [-0.15, -0.1) is 12.4 Å². The van der Waals surface area contributed by atoms with E-state index in [0.29, 0.717) is 6.04 Å². The minimum Gasteiger partial charge on any atom is -0.310 e. The molecule has 0 aliphatic heterocycles. The molecule has 0 bridgehead atoms. The molecule has 90 valence electrons. The van der Waals surface area contributed by atoms with Crippen LogP contribution in [0.4, 0.5) is 0 Å². The van der Waals surface area contributed by atoms with Gasteiger partial charge in [0.1, 0.15) is 0 Å². The summed E-state index contributed by atoms with van der Waals surface area (Å²) in [4.78, 5) is 0. The summed E-state index contributed by atoms with van der Waals surface area (Å²) >= 11 is 3.45. The van der Waals surface area contributed by atoms with Gasteiger partial charge in [0.25, 0.3) is 0 Å². The molecule has 3 heteroatoms. The first-order chi connectivity index (χ1) is 7.25. The molecule has 1 aliphatic rings. The standard InChI is InChI=1S/C13H18BrN.ClH/c1-10(12-3-2-4-12)15-9-11-5-7-13(14)8-6-11;/h5-8,10,12,15H,2-4,9H2,1H3;1H. The SMILES string of the molecule is CC(NCc1ccc(Br)cc1)C1CCC1.Cl. The Morgan fingerprint density at radius 2 is 1.94 bits per heavy atom. The Balaban J connectivity index is 0.00000128. The quantitative estimate of drug-likeness (QED) is 0.881. The second-order valence-corrected chi connectivity index (χ2v) is 5.40. The van der Waals surface area contributed by atoms with Gasteiger partial charge < -0.3 is 5.32 Å². The maximum absolute atomic E-state index is 3.60. The molecule has 0 saturated heterocycles. The molecule has 1 aromatic rings. The van der Waals surface area contributed by atoms with Gasteiger partial charge in [0.2, 0.25) is 0 Å². The van der Waals surface area contributed by atoms with E-state index in [4.69, 9.17) is 0 Å². The molecule has 0 amide bonds. The van der Waals surface area contributed by atoms with E-state index in [1.165, 1.54) is 24.8 Å². The molecule has 2 rings (SSSR count). The van der Waals surface area contributed by atoms with Crippen LogP contribution in [0, 0.1) is 5.92 Å². The number of benzene rings is 1. The molecule has 16 heavy (non-hydrogen) atoms. The normalized spacial score (nSPS) is 17.4. The van der Waals surface area contributed by atoms with E-state index in [9.17, 15) is 0 Å². The van der Waals surface area contributed by atoms with Crippen molar-refractivity contribution in [3.8, 4) is 0 Å². The van der Waals surface area contributed by atoms with Gasteiger partial charge in [-0.3, -0.25) is 0 Å². The van der Waals surface area contributed by atoms with E-state index in [1.54, 1.807) is 0 Å². The molecule has 1 fully saturated rings. The maximum Gasteiger partial charge on any atom is 0.0208 e. The number of halogens is 2. The number of hydrogen-bond acceptors (Lipinski definition) is 1. The van der Waals surface area contributed by atoms with Crippen LogP contribution in [0.25, 0.3) is 0 Å². The second-order valence-electron chi connectivity index (χ2n) is 4.49. The highest BCUT2D eigenvalue weighted by molar-refractivity contribution is 9.10. The first kappa shape index (κ1) is 14.0. The lowest BCUT2D eigenvalue weighted by Crippen LogP contribution is -2.36. The minimum absolute atomic E-state index is 0. The number of hydrogen-bond donors (Lipinski definition) is 1. The number of rotatable bonds is 4. The highest BCUT2D eigenvalue weighted by atomic mass is 79.9. The van der Waals surface area contributed by atoms with Crippen LogP contribution >= 0.6 is 28.3 Å². The van der Waals surface area contributed by atoms with Gasteiger partial charge in [-0.2, -0.15) is 0 Å². The van der Waals surface area contributed by atoms with Crippen molar-refractivity contribution in [1.29, 1.82) is 0 Å². The molecule has 0 aromatic heterocycles. The summed E-state index contributed by atoms with van der Waals surface area (Å²) in [6.07, 6.45) is 4.25. The predicted molar refractivity (Wildman–Crippen MR) is 75.0 cm³/mol. The lowest BCUT2D eigenvalue weighted by Gasteiger charge is -2.32. The monoisotopic (exact) mass is 303 g/mol. The van der Waals surface area contributed by atoms with Crippen molar-refractivity contribution in [3.05, 3.63) is 34.3 Å². The Morgan fingerprint density at radius 3 is 2.44 bits per heavy atom. The van der Waals surface area contributed by atoms with Crippen molar-refractivity contribution in [2.75, 3.05) is 0 Å². The second kappa shape index (κ2) is 6.63. The summed E-state index contributed by atoms with van der Waals surface area (Å²) < 4.78 is 1.15. The van der Waals surface area contributed by atoms with E-state index in [0.717, 1.165) is 16.9 Å². The predicted octanol–water partition coefficient (Wildman–Crippen LogP) is 4.15. The van der Waals surface area contributed by atoms with Crippen molar-refractivity contribution < 1.29 is 0 Å². The van der Waals surface area contributed by atoms with E-state index < -0.39 is 0 Å². The molecule has 1 aromatic carbocycles. The van der Waals surface area contributed by atoms with Crippen LogP contribution in [0.15, 0.2) is 28.7 Å². The first-order valence-corrected chi connectivity index (χ1v) is 6.53. The Labute approximate surface area is 113 Å². The fraction of sp³-hybridized carbons (Fsp3) is 0.538. The zero-order valence-electron chi connectivity index (χ0n) is 9.58. The third-order valence-corrected chi connectivity index (χ3v) is 3.93. The molecule has 1 atom stereocenters. The molecule has 1 nitrogen and oxygen atoms in total. The highest BCUT2D eigenvalue weighted by Gasteiger charge is 2.23. The van der Waals surface area contributed by atoms with Gasteiger partial charge >= 0.3 is 0 Å². The third kappa shape index (κ3) is 3.76. The maximum atomic E-state index is 3.60. The summed E-state index contributed by atoms with van der Waals surface area (Å²) in [6, 6.07) is 9.22. The van der Waals surface area contributed by atoms with E-state index in [1.807, 2.05) is 0 Å².